The van der Waals surface area contributed by atoms with Gasteiger partial charge in [-0.1, -0.05) is 27.7 Å². The van der Waals surface area contributed by atoms with Gasteiger partial charge in [-0.25, -0.2) is 9.78 Å². The maximum Gasteiger partial charge on any atom is 0.337 e. The number of pyridine rings is 1. The molecular weight excluding hydrogens is 258 g/mol. The van der Waals surface area contributed by atoms with E-state index in [4.69, 9.17) is 14.6 Å². The third-order valence-corrected chi connectivity index (χ3v) is 2.44. The molecule has 114 valence electrons. The number of aromatic carboxylic acids is 1. The lowest BCUT2D eigenvalue weighted by Crippen LogP contribution is -2.04. The minimum atomic E-state index is -1.03. The molecule has 1 rings (SSSR count). The van der Waals surface area contributed by atoms with E-state index in [9.17, 15) is 4.79 Å². The molecule has 0 saturated heterocycles. The first-order chi connectivity index (χ1) is 9.54. The SMILES string of the molecule is CC.COc1ncc(C(=O)O)cc1OCCCC(C)C. The summed E-state index contributed by atoms with van der Waals surface area (Å²) in [5.41, 5.74) is 0.0923. The van der Waals surface area contributed by atoms with Crippen LogP contribution in [0.15, 0.2) is 12.3 Å². The minimum absolute atomic E-state index is 0.0923. The topological polar surface area (TPSA) is 68.7 Å². The second-order valence-corrected chi connectivity index (χ2v) is 4.42. The van der Waals surface area contributed by atoms with Crippen molar-refractivity contribution in [1.29, 1.82) is 0 Å². The Kier molecular flexibility index (Phi) is 9.17. The van der Waals surface area contributed by atoms with Crippen LogP contribution in [-0.2, 0) is 0 Å². The zero-order chi connectivity index (χ0) is 15.5. The van der Waals surface area contributed by atoms with E-state index in [0.717, 1.165) is 12.8 Å². The molecule has 0 aliphatic heterocycles. The number of nitrogens with zero attached hydrogens (tertiary/aromatic N) is 1. The number of hydrogen-bond donors (Lipinski definition) is 1. The van der Waals surface area contributed by atoms with Gasteiger partial charge in [-0.3, -0.25) is 0 Å². The number of carboxylic acid groups (broad SMARTS) is 1. The van der Waals surface area contributed by atoms with E-state index in [-0.39, 0.29) is 5.56 Å². The Hall–Kier alpha value is -1.78. The largest absolute Gasteiger partial charge is 0.488 e. The molecule has 0 radical (unpaired) electrons. The van der Waals surface area contributed by atoms with E-state index in [1.54, 1.807) is 0 Å². The quantitative estimate of drug-likeness (QED) is 0.774. The standard InChI is InChI=1S/C13H19NO4.C2H6/c1-9(2)5-4-6-18-11-7-10(13(15)16)8-14-12(11)17-3;1-2/h7-9H,4-6H2,1-3H3,(H,15,16);1-2H3. The predicted molar refractivity (Wildman–Crippen MR) is 78.7 cm³/mol. The number of rotatable bonds is 7. The van der Waals surface area contributed by atoms with Crippen molar-refractivity contribution < 1.29 is 19.4 Å². The summed E-state index contributed by atoms with van der Waals surface area (Å²) in [4.78, 5) is 14.7. The van der Waals surface area contributed by atoms with E-state index in [0.29, 0.717) is 24.2 Å². The van der Waals surface area contributed by atoms with Gasteiger partial charge in [0.25, 0.3) is 5.88 Å². The maximum atomic E-state index is 10.8. The predicted octanol–water partition coefficient (Wildman–Crippen LogP) is 3.63. The summed E-state index contributed by atoms with van der Waals surface area (Å²) in [6, 6.07) is 1.43. The summed E-state index contributed by atoms with van der Waals surface area (Å²) in [6.07, 6.45) is 3.23. The first-order valence-electron chi connectivity index (χ1n) is 6.94. The molecule has 5 nitrogen and oxygen atoms in total. The molecule has 5 heteroatoms. The molecule has 1 heterocycles. The second kappa shape index (κ2) is 10.1. The van der Waals surface area contributed by atoms with Crippen molar-refractivity contribution in [2.75, 3.05) is 13.7 Å². The number of aromatic nitrogens is 1. The van der Waals surface area contributed by atoms with Gasteiger partial charge in [0, 0.05) is 12.3 Å². The summed E-state index contributed by atoms with van der Waals surface area (Å²) in [6.45, 7) is 8.82. The molecule has 0 unspecified atom stereocenters. The Labute approximate surface area is 120 Å². The molecule has 1 N–H and O–H groups in total. The molecule has 20 heavy (non-hydrogen) atoms. The van der Waals surface area contributed by atoms with Crippen molar-refractivity contribution in [3.05, 3.63) is 17.8 Å². The Morgan fingerprint density at radius 1 is 1.40 bits per heavy atom. The summed E-state index contributed by atoms with van der Waals surface area (Å²) < 4.78 is 10.5. The number of carboxylic acids is 1. The van der Waals surface area contributed by atoms with Gasteiger partial charge in [0.15, 0.2) is 5.75 Å². The molecule has 0 fully saturated rings. The van der Waals surface area contributed by atoms with Crippen molar-refractivity contribution in [3.8, 4) is 11.6 Å². The summed E-state index contributed by atoms with van der Waals surface area (Å²) in [5, 5.41) is 8.88. The van der Waals surface area contributed by atoms with Crippen LogP contribution in [-0.4, -0.2) is 29.8 Å². The first kappa shape index (κ1) is 18.2. The van der Waals surface area contributed by atoms with Crippen LogP contribution in [0.25, 0.3) is 0 Å². The lowest BCUT2D eigenvalue weighted by molar-refractivity contribution is 0.0695. The zero-order valence-corrected chi connectivity index (χ0v) is 13.0. The highest BCUT2D eigenvalue weighted by Gasteiger charge is 2.11. The van der Waals surface area contributed by atoms with Crippen molar-refractivity contribution in [1.82, 2.24) is 4.98 Å². The highest BCUT2D eigenvalue weighted by molar-refractivity contribution is 5.87. The second-order valence-electron chi connectivity index (χ2n) is 4.42. The van der Waals surface area contributed by atoms with Crippen LogP contribution < -0.4 is 9.47 Å². The third-order valence-electron chi connectivity index (χ3n) is 2.44. The molecule has 0 aliphatic carbocycles. The molecule has 0 aliphatic rings. The molecule has 0 amide bonds. The van der Waals surface area contributed by atoms with E-state index in [1.807, 2.05) is 13.8 Å². The highest BCUT2D eigenvalue weighted by atomic mass is 16.5. The third kappa shape index (κ3) is 6.41. The molecule has 0 saturated carbocycles. The Balaban J connectivity index is 0.00000172. The lowest BCUT2D eigenvalue weighted by Gasteiger charge is -2.10. The summed E-state index contributed by atoms with van der Waals surface area (Å²) >= 11 is 0. The van der Waals surface area contributed by atoms with Crippen molar-refractivity contribution in [3.63, 3.8) is 0 Å². The normalized spacial score (nSPS) is 9.70. The van der Waals surface area contributed by atoms with Crippen LogP contribution in [0.5, 0.6) is 11.6 Å². The van der Waals surface area contributed by atoms with Gasteiger partial charge >= 0.3 is 5.97 Å². The Morgan fingerprint density at radius 3 is 2.55 bits per heavy atom. The van der Waals surface area contributed by atoms with Gasteiger partial charge in [-0.2, -0.15) is 0 Å². The van der Waals surface area contributed by atoms with Gasteiger partial charge in [0.05, 0.1) is 19.3 Å². The fraction of sp³-hybridized carbons (Fsp3) is 0.600. The van der Waals surface area contributed by atoms with Crippen LogP contribution in [0.1, 0.15) is 50.9 Å². The first-order valence-corrected chi connectivity index (χ1v) is 6.94. The smallest absolute Gasteiger partial charge is 0.337 e. The van der Waals surface area contributed by atoms with Crippen molar-refractivity contribution >= 4 is 5.97 Å². The Morgan fingerprint density at radius 2 is 2.05 bits per heavy atom. The fourth-order valence-corrected chi connectivity index (χ4v) is 1.48. The van der Waals surface area contributed by atoms with Crippen LogP contribution in [0, 0.1) is 5.92 Å². The Bertz CT molecular complexity index is 405. The van der Waals surface area contributed by atoms with Gasteiger partial charge in [-0.15, -0.1) is 0 Å². The monoisotopic (exact) mass is 283 g/mol. The summed E-state index contributed by atoms with van der Waals surface area (Å²) in [5.74, 6) is 0.280. The number of carbonyl (C=O) groups is 1. The average Bonchev–Trinajstić information content (AvgIpc) is 2.45. The molecule has 1 aromatic heterocycles. The van der Waals surface area contributed by atoms with Crippen LogP contribution in [0.4, 0.5) is 0 Å². The van der Waals surface area contributed by atoms with Gasteiger partial charge in [0.1, 0.15) is 0 Å². The molecule has 0 aromatic carbocycles. The molecule has 0 bridgehead atoms. The van der Waals surface area contributed by atoms with E-state index in [1.165, 1.54) is 19.4 Å². The van der Waals surface area contributed by atoms with Gasteiger partial charge < -0.3 is 14.6 Å². The lowest BCUT2D eigenvalue weighted by atomic mass is 10.1. The molecule has 1 aromatic rings. The number of ether oxygens (including phenoxy) is 2. The maximum absolute atomic E-state index is 10.8. The van der Waals surface area contributed by atoms with Gasteiger partial charge in [0.2, 0.25) is 0 Å². The van der Waals surface area contributed by atoms with Crippen LogP contribution in [0.2, 0.25) is 0 Å². The van der Waals surface area contributed by atoms with E-state index < -0.39 is 5.97 Å². The molecular formula is C15H25NO4. The van der Waals surface area contributed by atoms with E-state index in [2.05, 4.69) is 18.8 Å². The van der Waals surface area contributed by atoms with Crippen molar-refractivity contribution in [2.24, 2.45) is 5.92 Å². The number of hydrogen-bond acceptors (Lipinski definition) is 4. The van der Waals surface area contributed by atoms with Crippen LogP contribution >= 0.6 is 0 Å². The fourth-order valence-electron chi connectivity index (χ4n) is 1.48. The zero-order valence-electron chi connectivity index (χ0n) is 13.0. The average molecular weight is 283 g/mol. The van der Waals surface area contributed by atoms with Crippen LogP contribution in [0.3, 0.4) is 0 Å². The minimum Gasteiger partial charge on any atom is -0.488 e. The van der Waals surface area contributed by atoms with Gasteiger partial charge in [-0.05, 0) is 18.8 Å². The summed E-state index contributed by atoms with van der Waals surface area (Å²) in [7, 11) is 1.48. The molecule has 0 atom stereocenters. The number of methoxy groups -OCH3 is 1. The van der Waals surface area contributed by atoms with Crippen molar-refractivity contribution in [2.45, 2.75) is 40.5 Å². The highest BCUT2D eigenvalue weighted by Crippen LogP contribution is 2.25. The molecule has 0 spiro atoms. The van der Waals surface area contributed by atoms with E-state index >= 15 is 0 Å².